The molecule has 0 saturated carbocycles. The molecule has 23 heavy (non-hydrogen) atoms. The predicted octanol–water partition coefficient (Wildman–Crippen LogP) is 2.49. The minimum absolute atomic E-state index is 0.0893. The third-order valence-corrected chi connectivity index (χ3v) is 4.43. The van der Waals surface area contributed by atoms with Gasteiger partial charge in [0.1, 0.15) is 0 Å². The van der Waals surface area contributed by atoms with Gasteiger partial charge in [-0.3, -0.25) is 4.79 Å². The predicted molar refractivity (Wildman–Crippen MR) is 87.9 cm³/mol. The molecule has 2 aromatic rings. The van der Waals surface area contributed by atoms with Crippen LogP contribution in [0.4, 0.5) is 0 Å². The number of nitrogens with zero attached hydrogens (tertiary/aromatic N) is 1. The van der Waals surface area contributed by atoms with E-state index in [-0.39, 0.29) is 18.6 Å². The highest BCUT2D eigenvalue weighted by atomic mass is 16.5. The van der Waals surface area contributed by atoms with Crippen molar-refractivity contribution in [3.05, 3.63) is 71.3 Å². The first-order chi connectivity index (χ1) is 11.3. The van der Waals surface area contributed by atoms with Gasteiger partial charge in [0, 0.05) is 13.7 Å². The van der Waals surface area contributed by atoms with E-state index in [9.17, 15) is 9.90 Å². The van der Waals surface area contributed by atoms with Crippen LogP contribution < -0.4 is 0 Å². The molecular weight excluding hydrogens is 290 g/mol. The van der Waals surface area contributed by atoms with Crippen LogP contribution in [0.15, 0.2) is 54.6 Å². The Kier molecular flexibility index (Phi) is 4.74. The van der Waals surface area contributed by atoms with E-state index in [1.165, 1.54) is 5.56 Å². The standard InChI is InChI=1S/C19H21NO3/c1-23-18(15-8-3-2-4-9-15)19(22)20-12-11-14-7-5-6-10-16(14)17(20)13-21/h2-10,17-18,21H,11-13H2,1H3/t17-,18+/m0/s1. The number of aliphatic hydroxyl groups excluding tert-OH is 1. The maximum atomic E-state index is 13.0. The van der Waals surface area contributed by atoms with Crippen LogP contribution in [0.1, 0.15) is 28.8 Å². The molecule has 1 N–H and O–H groups in total. The second-order valence-electron chi connectivity index (χ2n) is 5.71. The highest BCUT2D eigenvalue weighted by Gasteiger charge is 2.34. The summed E-state index contributed by atoms with van der Waals surface area (Å²) in [4.78, 5) is 14.7. The Balaban J connectivity index is 1.90. The van der Waals surface area contributed by atoms with Crippen molar-refractivity contribution in [1.29, 1.82) is 0 Å². The third-order valence-electron chi connectivity index (χ3n) is 4.43. The molecule has 2 aromatic carbocycles. The van der Waals surface area contributed by atoms with Crippen LogP contribution in [0, 0.1) is 0 Å². The first-order valence-corrected chi connectivity index (χ1v) is 7.83. The van der Waals surface area contributed by atoms with Crippen molar-refractivity contribution in [1.82, 2.24) is 4.90 Å². The van der Waals surface area contributed by atoms with Crippen LogP contribution >= 0.6 is 0 Å². The van der Waals surface area contributed by atoms with E-state index in [1.807, 2.05) is 48.5 Å². The van der Waals surface area contributed by atoms with Crippen molar-refractivity contribution in [3.8, 4) is 0 Å². The fourth-order valence-corrected chi connectivity index (χ4v) is 3.27. The second-order valence-corrected chi connectivity index (χ2v) is 5.71. The number of amides is 1. The van der Waals surface area contributed by atoms with Gasteiger partial charge < -0.3 is 14.7 Å². The normalized spacial score (nSPS) is 18.3. The molecule has 4 nitrogen and oxygen atoms in total. The van der Waals surface area contributed by atoms with Gasteiger partial charge >= 0.3 is 0 Å². The maximum absolute atomic E-state index is 13.0. The lowest BCUT2D eigenvalue weighted by atomic mass is 9.92. The molecule has 0 unspecified atom stereocenters. The Morgan fingerprint density at radius 1 is 1.22 bits per heavy atom. The molecule has 0 spiro atoms. The highest BCUT2D eigenvalue weighted by Crippen LogP contribution is 2.32. The molecule has 0 radical (unpaired) electrons. The Bertz CT molecular complexity index is 671. The van der Waals surface area contributed by atoms with E-state index in [1.54, 1.807) is 12.0 Å². The average Bonchev–Trinajstić information content (AvgIpc) is 2.62. The smallest absolute Gasteiger partial charge is 0.256 e. The number of methoxy groups -OCH3 is 1. The van der Waals surface area contributed by atoms with E-state index in [2.05, 4.69) is 6.07 Å². The monoisotopic (exact) mass is 311 g/mol. The zero-order chi connectivity index (χ0) is 16.2. The topological polar surface area (TPSA) is 49.8 Å². The number of rotatable bonds is 4. The summed E-state index contributed by atoms with van der Waals surface area (Å²) >= 11 is 0. The molecule has 2 atom stereocenters. The molecule has 4 heteroatoms. The molecule has 120 valence electrons. The lowest BCUT2D eigenvalue weighted by Crippen LogP contribution is -2.44. The van der Waals surface area contributed by atoms with Crippen molar-refractivity contribution in [2.24, 2.45) is 0 Å². The minimum atomic E-state index is -0.643. The summed E-state index contributed by atoms with van der Waals surface area (Å²) in [6.07, 6.45) is 0.152. The molecule has 1 aliphatic rings. The number of hydrogen-bond donors (Lipinski definition) is 1. The summed E-state index contributed by atoms with van der Waals surface area (Å²) in [5.74, 6) is -0.104. The van der Waals surface area contributed by atoms with Crippen molar-refractivity contribution >= 4 is 5.91 Å². The van der Waals surface area contributed by atoms with Crippen LogP contribution in [0.3, 0.4) is 0 Å². The molecule has 0 aromatic heterocycles. The molecule has 1 aliphatic heterocycles. The van der Waals surface area contributed by atoms with Crippen molar-refractivity contribution < 1.29 is 14.6 Å². The zero-order valence-corrected chi connectivity index (χ0v) is 13.2. The van der Waals surface area contributed by atoms with Crippen LogP contribution in [-0.4, -0.2) is 36.2 Å². The van der Waals surface area contributed by atoms with Gasteiger partial charge in [0.15, 0.2) is 6.10 Å². The summed E-state index contributed by atoms with van der Waals surface area (Å²) < 4.78 is 5.46. The number of benzene rings is 2. The number of ether oxygens (including phenoxy) is 1. The van der Waals surface area contributed by atoms with Crippen LogP contribution in [0.5, 0.6) is 0 Å². The van der Waals surface area contributed by atoms with Gasteiger partial charge in [0.2, 0.25) is 0 Å². The van der Waals surface area contributed by atoms with Gasteiger partial charge in [-0.15, -0.1) is 0 Å². The highest BCUT2D eigenvalue weighted by molar-refractivity contribution is 5.83. The Morgan fingerprint density at radius 2 is 1.91 bits per heavy atom. The van der Waals surface area contributed by atoms with Gasteiger partial charge in [-0.2, -0.15) is 0 Å². The van der Waals surface area contributed by atoms with E-state index < -0.39 is 6.10 Å². The van der Waals surface area contributed by atoms with Gasteiger partial charge in [-0.05, 0) is 23.1 Å². The van der Waals surface area contributed by atoms with Crippen LogP contribution in [0.25, 0.3) is 0 Å². The molecule has 0 bridgehead atoms. The minimum Gasteiger partial charge on any atom is -0.394 e. The van der Waals surface area contributed by atoms with E-state index in [0.717, 1.165) is 17.5 Å². The van der Waals surface area contributed by atoms with Gasteiger partial charge in [0.25, 0.3) is 5.91 Å². The first kappa shape index (κ1) is 15.7. The first-order valence-electron chi connectivity index (χ1n) is 7.83. The lowest BCUT2D eigenvalue weighted by molar-refractivity contribution is -0.146. The van der Waals surface area contributed by atoms with Gasteiger partial charge in [-0.1, -0.05) is 54.6 Å². The Hall–Kier alpha value is -2.17. The number of carbonyl (C=O) groups is 1. The number of carbonyl (C=O) groups excluding carboxylic acids is 1. The number of hydrogen-bond acceptors (Lipinski definition) is 3. The van der Waals surface area contributed by atoms with E-state index in [4.69, 9.17) is 4.74 Å². The van der Waals surface area contributed by atoms with Crippen LogP contribution in [0.2, 0.25) is 0 Å². The molecule has 1 amide bonds. The molecule has 3 rings (SSSR count). The van der Waals surface area contributed by atoms with Crippen molar-refractivity contribution in [2.75, 3.05) is 20.3 Å². The zero-order valence-electron chi connectivity index (χ0n) is 13.2. The quantitative estimate of drug-likeness (QED) is 0.944. The Morgan fingerprint density at radius 3 is 2.61 bits per heavy atom. The summed E-state index contributed by atoms with van der Waals surface area (Å²) in [6, 6.07) is 17.1. The lowest BCUT2D eigenvalue weighted by Gasteiger charge is -2.38. The van der Waals surface area contributed by atoms with E-state index in [0.29, 0.717) is 6.54 Å². The fourth-order valence-electron chi connectivity index (χ4n) is 3.27. The van der Waals surface area contributed by atoms with Crippen molar-refractivity contribution in [2.45, 2.75) is 18.6 Å². The molecule has 0 fully saturated rings. The summed E-state index contributed by atoms with van der Waals surface area (Å²) in [7, 11) is 1.54. The summed E-state index contributed by atoms with van der Waals surface area (Å²) in [5, 5.41) is 9.85. The van der Waals surface area contributed by atoms with Gasteiger partial charge in [0.05, 0.1) is 12.6 Å². The molecule has 0 saturated heterocycles. The summed E-state index contributed by atoms with van der Waals surface area (Å²) in [6.45, 7) is 0.502. The number of fused-ring (bicyclic) bond motifs is 1. The molecule has 1 heterocycles. The molecular formula is C19H21NO3. The second kappa shape index (κ2) is 6.94. The fraction of sp³-hybridized carbons (Fsp3) is 0.316. The van der Waals surface area contributed by atoms with E-state index >= 15 is 0 Å². The largest absolute Gasteiger partial charge is 0.394 e. The number of aliphatic hydroxyl groups is 1. The van der Waals surface area contributed by atoms with Crippen LogP contribution in [-0.2, 0) is 16.0 Å². The Labute approximate surface area is 136 Å². The SMILES string of the molecule is CO[C@@H](C(=O)N1CCc2ccccc2[C@@H]1CO)c1ccccc1. The third kappa shape index (κ3) is 3.00. The average molecular weight is 311 g/mol. The summed E-state index contributed by atoms with van der Waals surface area (Å²) in [5.41, 5.74) is 3.05. The van der Waals surface area contributed by atoms with Gasteiger partial charge in [-0.25, -0.2) is 0 Å². The maximum Gasteiger partial charge on any atom is 0.256 e. The molecule has 0 aliphatic carbocycles. The van der Waals surface area contributed by atoms with Crippen molar-refractivity contribution in [3.63, 3.8) is 0 Å².